The van der Waals surface area contributed by atoms with E-state index >= 15 is 0 Å². The van der Waals surface area contributed by atoms with E-state index < -0.39 is 12.1 Å². The lowest BCUT2D eigenvalue weighted by Gasteiger charge is -2.09. The van der Waals surface area contributed by atoms with Gasteiger partial charge in [-0.25, -0.2) is 4.79 Å². The van der Waals surface area contributed by atoms with Crippen LogP contribution in [-0.4, -0.2) is 21.2 Å². The number of aromatic amines is 1. The molecule has 2 aromatic heterocycles. The molecule has 0 bridgehead atoms. The topological polar surface area (TPSA) is 98.1 Å². The van der Waals surface area contributed by atoms with E-state index in [-0.39, 0.29) is 17.1 Å². The number of aryl methyl sites for hydroxylation is 1. The van der Waals surface area contributed by atoms with Gasteiger partial charge in [-0.3, -0.25) is 4.79 Å². The van der Waals surface area contributed by atoms with Gasteiger partial charge in [0.25, 0.3) is 11.4 Å². The van der Waals surface area contributed by atoms with Crippen LogP contribution in [0.1, 0.15) is 35.3 Å². The summed E-state index contributed by atoms with van der Waals surface area (Å²) in [5.74, 6) is -0.0720. The van der Waals surface area contributed by atoms with Crippen molar-refractivity contribution in [1.29, 1.82) is 0 Å². The maximum Gasteiger partial charge on any atom is 0.355 e. The Kier molecular flexibility index (Phi) is 3.46. The van der Waals surface area contributed by atoms with Gasteiger partial charge in [0.15, 0.2) is 6.10 Å². The van der Waals surface area contributed by atoms with Crippen molar-refractivity contribution in [2.45, 2.75) is 20.0 Å². The largest absolute Gasteiger partial charge is 0.448 e. The highest BCUT2D eigenvalue weighted by Gasteiger charge is 2.19. The van der Waals surface area contributed by atoms with Crippen LogP contribution in [0.4, 0.5) is 0 Å². The molecule has 0 amide bonds. The number of aromatic nitrogens is 3. The lowest BCUT2D eigenvalue weighted by Crippen LogP contribution is -2.16. The molecule has 7 heteroatoms. The number of benzene rings is 1. The third kappa shape index (κ3) is 2.60. The van der Waals surface area contributed by atoms with Crippen LogP contribution in [0.2, 0.25) is 0 Å². The molecule has 0 radical (unpaired) electrons. The Bertz CT molecular complexity index is 897. The fraction of sp³-hybridized carbons (Fsp3) is 0.200. The zero-order valence-corrected chi connectivity index (χ0v) is 12.0. The number of pyridine rings is 1. The van der Waals surface area contributed by atoms with Gasteiger partial charge in [-0.1, -0.05) is 18.2 Å². The Balaban J connectivity index is 1.87. The number of ether oxygens (including phenoxy) is 1. The summed E-state index contributed by atoms with van der Waals surface area (Å²) >= 11 is 0. The van der Waals surface area contributed by atoms with E-state index in [0.717, 1.165) is 0 Å². The smallest absolute Gasteiger partial charge is 0.355 e. The molecule has 3 rings (SSSR count). The second-order valence-corrected chi connectivity index (χ2v) is 4.81. The first-order valence-corrected chi connectivity index (χ1v) is 6.67. The lowest BCUT2D eigenvalue weighted by molar-refractivity contribution is 0.0270. The number of hydrogen-bond donors (Lipinski definition) is 1. The number of H-pyrrole nitrogens is 1. The molecule has 0 spiro atoms. The number of nitrogens with one attached hydrogen (secondary N) is 1. The van der Waals surface area contributed by atoms with Crippen molar-refractivity contribution >= 4 is 16.7 Å². The van der Waals surface area contributed by atoms with Crippen molar-refractivity contribution < 1.29 is 13.9 Å². The van der Waals surface area contributed by atoms with Gasteiger partial charge >= 0.3 is 5.97 Å². The molecule has 3 aromatic rings. The van der Waals surface area contributed by atoms with Crippen molar-refractivity contribution in [3.8, 4) is 0 Å². The van der Waals surface area contributed by atoms with E-state index in [2.05, 4.69) is 15.2 Å². The van der Waals surface area contributed by atoms with E-state index in [9.17, 15) is 9.59 Å². The molecule has 1 aromatic carbocycles. The van der Waals surface area contributed by atoms with Crippen LogP contribution < -0.4 is 5.56 Å². The summed E-state index contributed by atoms with van der Waals surface area (Å²) in [4.78, 5) is 26.6. The number of fused-ring (bicyclic) bond motifs is 1. The van der Waals surface area contributed by atoms with E-state index in [0.29, 0.717) is 16.7 Å². The molecule has 0 aliphatic rings. The van der Waals surface area contributed by atoms with Crippen LogP contribution in [0.25, 0.3) is 10.8 Å². The van der Waals surface area contributed by atoms with E-state index in [1.54, 1.807) is 44.2 Å². The van der Waals surface area contributed by atoms with Gasteiger partial charge < -0.3 is 14.1 Å². The lowest BCUT2D eigenvalue weighted by atomic mass is 10.1. The molecular weight excluding hydrogens is 286 g/mol. The summed E-state index contributed by atoms with van der Waals surface area (Å²) in [5.41, 5.74) is -0.266. The quantitative estimate of drug-likeness (QED) is 0.744. The minimum Gasteiger partial charge on any atom is -0.448 e. The van der Waals surface area contributed by atoms with Crippen LogP contribution in [-0.2, 0) is 4.74 Å². The molecule has 0 fully saturated rings. The standard InChI is InChI=1S/C15H13N3O4/c1-8(14-18-17-9(2)22-14)21-15(20)12-7-10-5-3-4-6-11(10)13(19)16-12/h3-8H,1-2H3,(H,16,19)/t8-/m0/s1. The number of carbonyl (C=O) groups is 1. The summed E-state index contributed by atoms with van der Waals surface area (Å²) in [7, 11) is 0. The molecule has 2 heterocycles. The third-order valence-electron chi connectivity index (χ3n) is 3.15. The Morgan fingerprint density at radius 3 is 2.82 bits per heavy atom. The normalized spacial score (nSPS) is 12.3. The third-order valence-corrected chi connectivity index (χ3v) is 3.15. The highest BCUT2D eigenvalue weighted by Crippen LogP contribution is 2.17. The fourth-order valence-corrected chi connectivity index (χ4v) is 2.07. The molecule has 112 valence electrons. The average molecular weight is 299 g/mol. The van der Waals surface area contributed by atoms with Crippen LogP contribution in [0.3, 0.4) is 0 Å². The summed E-state index contributed by atoms with van der Waals surface area (Å²) in [5, 5.41) is 8.65. The summed E-state index contributed by atoms with van der Waals surface area (Å²) in [6.07, 6.45) is -0.705. The Morgan fingerprint density at radius 2 is 2.09 bits per heavy atom. The Morgan fingerprint density at radius 1 is 1.32 bits per heavy atom. The Labute approximate surface area is 124 Å². The molecular formula is C15H13N3O4. The molecule has 22 heavy (non-hydrogen) atoms. The number of hydrogen-bond acceptors (Lipinski definition) is 6. The number of rotatable bonds is 3. The molecule has 7 nitrogen and oxygen atoms in total. The van der Waals surface area contributed by atoms with Gasteiger partial charge in [0.2, 0.25) is 5.89 Å². The van der Waals surface area contributed by atoms with Gasteiger partial charge in [0, 0.05) is 12.3 Å². The van der Waals surface area contributed by atoms with Crippen LogP contribution in [0.5, 0.6) is 0 Å². The second kappa shape index (κ2) is 5.44. The zero-order valence-electron chi connectivity index (χ0n) is 12.0. The van der Waals surface area contributed by atoms with Crippen molar-refractivity contribution in [2.24, 2.45) is 0 Å². The van der Waals surface area contributed by atoms with E-state index in [4.69, 9.17) is 9.15 Å². The predicted octanol–water partition coefficient (Wildman–Crippen LogP) is 2.14. The predicted molar refractivity (Wildman–Crippen MR) is 77.4 cm³/mol. The van der Waals surface area contributed by atoms with Gasteiger partial charge in [-0.05, 0) is 24.4 Å². The maximum atomic E-state index is 12.1. The highest BCUT2D eigenvalue weighted by molar-refractivity contribution is 5.92. The maximum absolute atomic E-state index is 12.1. The van der Waals surface area contributed by atoms with Gasteiger partial charge in [0.05, 0.1) is 0 Å². The first-order valence-electron chi connectivity index (χ1n) is 6.67. The minimum absolute atomic E-state index is 0.0757. The van der Waals surface area contributed by atoms with Gasteiger partial charge in [-0.15, -0.1) is 10.2 Å². The molecule has 1 N–H and O–H groups in total. The zero-order chi connectivity index (χ0) is 15.7. The first kappa shape index (κ1) is 14.0. The SMILES string of the molecule is Cc1nnc([C@H](C)OC(=O)c2cc3ccccc3c(=O)[nH]2)o1. The van der Waals surface area contributed by atoms with Crippen molar-refractivity contribution in [3.05, 3.63) is 58.2 Å². The molecule has 0 aliphatic heterocycles. The molecule has 0 saturated carbocycles. The van der Waals surface area contributed by atoms with E-state index in [1.807, 2.05) is 0 Å². The second-order valence-electron chi connectivity index (χ2n) is 4.81. The molecule has 0 aliphatic carbocycles. The number of esters is 1. The Hall–Kier alpha value is -2.96. The van der Waals surface area contributed by atoms with Crippen LogP contribution in [0, 0.1) is 6.92 Å². The highest BCUT2D eigenvalue weighted by atomic mass is 16.6. The molecule has 0 unspecified atom stereocenters. The minimum atomic E-state index is -0.705. The van der Waals surface area contributed by atoms with Gasteiger partial charge in [0.1, 0.15) is 5.69 Å². The van der Waals surface area contributed by atoms with Gasteiger partial charge in [-0.2, -0.15) is 0 Å². The van der Waals surface area contributed by atoms with Crippen LogP contribution in [0.15, 0.2) is 39.5 Å². The summed E-state index contributed by atoms with van der Waals surface area (Å²) in [6, 6.07) is 8.57. The van der Waals surface area contributed by atoms with Crippen molar-refractivity contribution in [3.63, 3.8) is 0 Å². The van der Waals surface area contributed by atoms with Crippen molar-refractivity contribution in [1.82, 2.24) is 15.2 Å². The summed E-state index contributed by atoms with van der Waals surface area (Å²) < 4.78 is 10.4. The van der Waals surface area contributed by atoms with Crippen molar-refractivity contribution in [2.75, 3.05) is 0 Å². The number of carbonyl (C=O) groups excluding carboxylic acids is 1. The first-order chi connectivity index (χ1) is 10.5. The summed E-state index contributed by atoms with van der Waals surface area (Å²) in [6.45, 7) is 3.26. The van der Waals surface area contributed by atoms with E-state index in [1.165, 1.54) is 0 Å². The fourth-order valence-electron chi connectivity index (χ4n) is 2.07. The average Bonchev–Trinajstić information content (AvgIpc) is 2.94. The monoisotopic (exact) mass is 299 g/mol. The molecule has 1 atom stereocenters. The van der Waals surface area contributed by atoms with Crippen LogP contribution >= 0.6 is 0 Å². The molecule has 0 saturated heterocycles. The number of nitrogens with zero attached hydrogens (tertiary/aromatic N) is 2.